The highest BCUT2D eigenvalue weighted by Gasteiger charge is 2.26. The normalized spacial score (nSPS) is 14.7. The van der Waals surface area contributed by atoms with Crippen LogP contribution in [-0.4, -0.2) is 32.8 Å². The first kappa shape index (κ1) is 16.6. The molecular formula is C17H27ClN2O. The molecule has 0 spiro atoms. The van der Waals surface area contributed by atoms with Crippen molar-refractivity contribution in [2.24, 2.45) is 5.92 Å². The van der Waals surface area contributed by atoms with Crippen molar-refractivity contribution in [1.82, 2.24) is 5.32 Å². The van der Waals surface area contributed by atoms with Crippen molar-refractivity contribution in [3.63, 3.8) is 0 Å². The Balaban J connectivity index is 2.11. The predicted molar refractivity (Wildman–Crippen MR) is 90.2 cm³/mol. The Hall–Kier alpha value is -0.770. The molecule has 0 heterocycles. The molecule has 0 bridgehead atoms. The van der Waals surface area contributed by atoms with E-state index in [4.69, 9.17) is 16.3 Å². The zero-order chi connectivity index (χ0) is 15.2. The molecule has 4 heteroatoms. The third kappa shape index (κ3) is 5.17. The number of rotatable bonds is 9. The molecule has 0 atom stereocenters. The molecule has 0 saturated heterocycles. The van der Waals surface area contributed by atoms with Crippen LogP contribution in [-0.2, 0) is 11.3 Å². The summed E-state index contributed by atoms with van der Waals surface area (Å²) in [6.07, 6.45) is 2.75. The van der Waals surface area contributed by atoms with Gasteiger partial charge in [-0.25, -0.2) is 0 Å². The highest BCUT2D eigenvalue weighted by molar-refractivity contribution is 6.30. The number of hydrogen-bond donors (Lipinski definition) is 1. The lowest BCUT2D eigenvalue weighted by atomic mass is 10.1. The maximum absolute atomic E-state index is 6.19. The van der Waals surface area contributed by atoms with Gasteiger partial charge in [0.2, 0.25) is 0 Å². The number of anilines is 1. The van der Waals surface area contributed by atoms with Crippen molar-refractivity contribution in [2.75, 3.05) is 31.7 Å². The summed E-state index contributed by atoms with van der Waals surface area (Å²) in [5, 5.41) is 4.23. The quantitative estimate of drug-likeness (QED) is 0.704. The number of hydrogen-bond acceptors (Lipinski definition) is 3. The number of nitrogens with zero attached hydrogens (tertiary/aromatic N) is 1. The van der Waals surface area contributed by atoms with E-state index in [2.05, 4.69) is 36.2 Å². The number of ether oxygens (including phenoxy) is 1. The van der Waals surface area contributed by atoms with Crippen molar-refractivity contribution in [3.05, 3.63) is 28.8 Å². The van der Waals surface area contributed by atoms with E-state index in [1.54, 1.807) is 7.11 Å². The summed E-state index contributed by atoms with van der Waals surface area (Å²) >= 11 is 6.19. The second kappa shape index (κ2) is 8.02. The number of nitrogens with one attached hydrogen (secondary N) is 1. The van der Waals surface area contributed by atoms with Gasteiger partial charge in [0.15, 0.2) is 0 Å². The van der Waals surface area contributed by atoms with Gasteiger partial charge < -0.3 is 15.0 Å². The highest BCUT2D eigenvalue weighted by atomic mass is 35.5. The molecule has 1 N–H and O–H groups in total. The second-order valence-corrected chi connectivity index (χ2v) is 6.57. The number of benzene rings is 1. The summed E-state index contributed by atoms with van der Waals surface area (Å²) < 4.78 is 5.08. The van der Waals surface area contributed by atoms with Gasteiger partial charge in [0.25, 0.3) is 0 Å². The molecule has 1 aliphatic rings. The molecule has 1 aliphatic carbocycles. The molecule has 0 radical (unpaired) electrons. The Labute approximate surface area is 133 Å². The fraction of sp³-hybridized carbons (Fsp3) is 0.647. The van der Waals surface area contributed by atoms with E-state index in [-0.39, 0.29) is 0 Å². The molecule has 0 aromatic heterocycles. The first-order chi connectivity index (χ1) is 10.1. The minimum absolute atomic E-state index is 0.504. The molecular weight excluding hydrogens is 284 g/mol. The molecule has 1 saturated carbocycles. The smallest absolute Gasteiger partial charge is 0.0587 e. The van der Waals surface area contributed by atoms with Crippen LogP contribution in [0.25, 0.3) is 0 Å². The van der Waals surface area contributed by atoms with Gasteiger partial charge >= 0.3 is 0 Å². The fourth-order valence-corrected chi connectivity index (χ4v) is 2.73. The van der Waals surface area contributed by atoms with Crippen LogP contribution in [0.4, 0.5) is 5.69 Å². The topological polar surface area (TPSA) is 24.5 Å². The van der Waals surface area contributed by atoms with E-state index in [1.807, 2.05) is 6.07 Å². The van der Waals surface area contributed by atoms with Crippen molar-refractivity contribution in [3.8, 4) is 0 Å². The zero-order valence-corrected chi connectivity index (χ0v) is 14.1. The molecule has 3 nitrogen and oxygen atoms in total. The molecule has 0 unspecified atom stereocenters. The van der Waals surface area contributed by atoms with Crippen molar-refractivity contribution >= 4 is 17.3 Å². The second-order valence-electron chi connectivity index (χ2n) is 6.13. The first-order valence-electron chi connectivity index (χ1n) is 7.86. The van der Waals surface area contributed by atoms with Crippen molar-refractivity contribution in [2.45, 2.75) is 39.3 Å². The molecule has 2 rings (SSSR count). The molecule has 1 aromatic carbocycles. The van der Waals surface area contributed by atoms with Gasteiger partial charge in [0.05, 0.1) is 6.61 Å². The van der Waals surface area contributed by atoms with Crippen molar-refractivity contribution < 1.29 is 4.74 Å². The largest absolute Gasteiger partial charge is 0.383 e. The lowest BCUT2D eigenvalue weighted by Crippen LogP contribution is -2.34. The lowest BCUT2D eigenvalue weighted by Gasteiger charge is -2.31. The summed E-state index contributed by atoms with van der Waals surface area (Å²) in [6.45, 7) is 8.09. The molecule has 118 valence electrons. The van der Waals surface area contributed by atoms with Gasteiger partial charge in [-0.05, 0) is 56.4 Å². The maximum atomic E-state index is 6.19. The van der Waals surface area contributed by atoms with Gasteiger partial charge in [-0.15, -0.1) is 0 Å². The summed E-state index contributed by atoms with van der Waals surface area (Å²) in [5.74, 6) is 0.873. The van der Waals surface area contributed by atoms with Crippen LogP contribution in [0.3, 0.4) is 0 Å². The van der Waals surface area contributed by atoms with E-state index in [9.17, 15) is 0 Å². The average Bonchev–Trinajstić information content (AvgIpc) is 3.25. The summed E-state index contributed by atoms with van der Waals surface area (Å²) in [7, 11) is 1.72. The van der Waals surface area contributed by atoms with E-state index in [1.165, 1.54) is 24.1 Å². The van der Waals surface area contributed by atoms with Gasteiger partial charge in [-0.2, -0.15) is 0 Å². The molecule has 1 aromatic rings. The van der Waals surface area contributed by atoms with Crippen molar-refractivity contribution in [1.29, 1.82) is 0 Å². The monoisotopic (exact) mass is 310 g/mol. The molecule has 21 heavy (non-hydrogen) atoms. The van der Waals surface area contributed by atoms with Crippen LogP contribution in [0.15, 0.2) is 18.2 Å². The number of halogens is 1. The van der Waals surface area contributed by atoms with Gasteiger partial charge in [-0.3, -0.25) is 0 Å². The highest BCUT2D eigenvalue weighted by Crippen LogP contribution is 2.34. The van der Waals surface area contributed by atoms with E-state index in [0.29, 0.717) is 6.04 Å². The minimum atomic E-state index is 0.504. The minimum Gasteiger partial charge on any atom is -0.383 e. The van der Waals surface area contributed by atoms with Crippen LogP contribution in [0.2, 0.25) is 5.02 Å². The van der Waals surface area contributed by atoms with Crippen LogP contribution in [0, 0.1) is 5.92 Å². The van der Waals surface area contributed by atoms with E-state index < -0.39 is 0 Å². The van der Waals surface area contributed by atoms with Gasteiger partial charge in [-0.1, -0.05) is 11.6 Å². The Kier molecular flexibility index (Phi) is 6.34. The molecule has 1 fully saturated rings. The first-order valence-corrected chi connectivity index (χ1v) is 8.24. The summed E-state index contributed by atoms with van der Waals surface area (Å²) in [4.78, 5) is 2.52. The van der Waals surface area contributed by atoms with Gasteiger partial charge in [0, 0.05) is 43.5 Å². The SMILES string of the molecule is COCCNCc1cc(Cl)ccc1N(CC1CC1)C(C)C. The Morgan fingerprint density at radius 1 is 1.38 bits per heavy atom. The van der Waals surface area contributed by atoms with E-state index in [0.717, 1.165) is 37.2 Å². The maximum Gasteiger partial charge on any atom is 0.0587 e. The van der Waals surface area contributed by atoms with Crippen LogP contribution < -0.4 is 10.2 Å². The molecule has 0 aliphatic heterocycles. The Morgan fingerprint density at radius 2 is 2.14 bits per heavy atom. The van der Waals surface area contributed by atoms with E-state index >= 15 is 0 Å². The predicted octanol–water partition coefficient (Wildman–Crippen LogP) is 3.70. The average molecular weight is 311 g/mol. The number of methoxy groups -OCH3 is 1. The third-order valence-electron chi connectivity index (χ3n) is 3.92. The fourth-order valence-electron chi connectivity index (χ4n) is 2.54. The zero-order valence-electron chi connectivity index (χ0n) is 13.4. The standard InChI is InChI=1S/C17H27ClN2O/c1-13(2)20(12-14-4-5-14)17-7-6-16(18)10-15(17)11-19-8-9-21-3/h6-7,10,13-14,19H,4-5,8-9,11-12H2,1-3H3. The lowest BCUT2D eigenvalue weighted by molar-refractivity contribution is 0.199. The Bertz CT molecular complexity index is 446. The van der Waals surface area contributed by atoms with Crippen LogP contribution >= 0.6 is 11.6 Å². The summed E-state index contributed by atoms with van der Waals surface area (Å²) in [6, 6.07) is 6.75. The van der Waals surface area contributed by atoms with Crippen LogP contribution in [0.5, 0.6) is 0 Å². The van der Waals surface area contributed by atoms with Gasteiger partial charge in [0.1, 0.15) is 0 Å². The third-order valence-corrected chi connectivity index (χ3v) is 4.16. The Morgan fingerprint density at radius 3 is 2.76 bits per heavy atom. The molecule has 0 amide bonds. The van der Waals surface area contributed by atoms with Crippen LogP contribution in [0.1, 0.15) is 32.3 Å². The summed E-state index contributed by atoms with van der Waals surface area (Å²) in [5.41, 5.74) is 2.58.